The highest BCUT2D eigenvalue weighted by molar-refractivity contribution is 4.91. The van der Waals surface area contributed by atoms with Crippen molar-refractivity contribution in [3.05, 3.63) is 18.2 Å². The van der Waals surface area contributed by atoms with Gasteiger partial charge in [-0.25, -0.2) is 4.98 Å². The fourth-order valence-corrected chi connectivity index (χ4v) is 1.49. The van der Waals surface area contributed by atoms with Crippen LogP contribution in [0.15, 0.2) is 12.4 Å². The van der Waals surface area contributed by atoms with Crippen molar-refractivity contribution >= 4 is 0 Å². The number of alkyl halides is 3. The van der Waals surface area contributed by atoms with E-state index in [1.807, 2.05) is 0 Å². The standard InChI is InChI=1S/C10H17F3N4/c1-14-3-6-17(8-10(11,12)13)7-9-15-4-5-16(9)2/h4-5,14H,3,6-8H2,1-2H3. The van der Waals surface area contributed by atoms with Crippen LogP contribution in [0.2, 0.25) is 0 Å². The van der Waals surface area contributed by atoms with E-state index in [0.717, 1.165) is 0 Å². The maximum absolute atomic E-state index is 12.4. The Morgan fingerprint density at radius 1 is 1.47 bits per heavy atom. The van der Waals surface area contributed by atoms with Crippen LogP contribution in [0, 0.1) is 0 Å². The second-order valence-corrected chi connectivity index (χ2v) is 3.88. The predicted octanol–water partition coefficient (Wildman–Crippen LogP) is 1.00. The molecule has 17 heavy (non-hydrogen) atoms. The van der Waals surface area contributed by atoms with E-state index in [1.165, 1.54) is 4.90 Å². The van der Waals surface area contributed by atoms with Crippen LogP contribution in [0.5, 0.6) is 0 Å². The minimum atomic E-state index is -4.18. The van der Waals surface area contributed by atoms with Crippen LogP contribution < -0.4 is 5.32 Å². The van der Waals surface area contributed by atoms with Gasteiger partial charge in [-0.15, -0.1) is 0 Å². The van der Waals surface area contributed by atoms with Gasteiger partial charge in [0.05, 0.1) is 13.1 Å². The Kier molecular flexibility index (Phi) is 4.95. The third-order valence-electron chi connectivity index (χ3n) is 2.37. The van der Waals surface area contributed by atoms with Crippen LogP contribution in [0.3, 0.4) is 0 Å². The zero-order valence-electron chi connectivity index (χ0n) is 9.96. The zero-order valence-corrected chi connectivity index (χ0v) is 9.96. The third-order valence-corrected chi connectivity index (χ3v) is 2.37. The van der Waals surface area contributed by atoms with Crippen LogP contribution in [-0.4, -0.2) is 47.3 Å². The average Bonchev–Trinajstić information content (AvgIpc) is 2.59. The van der Waals surface area contributed by atoms with Crippen molar-refractivity contribution in [2.45, 2.75) is 12.7 Å². The van der Waals surface area contributed by atoms with Gasteiger partial charge < -0.3 is 9.88 Å². The fraction of sp³-hybridized carbons (Fsp3) is 0.700. The molecule has 1 aromatic rings. The largest absolute Gasteiger partial charge is 0.401 e. The van der Waals surface area contributed by atoms with Crippen LogP contribution in [0.25, 0.3) is 0 Å². The quantitative estimate of drug-likeness (QED) is 0.817. The van der Waals surface area contributed by atoms with Gasteiger partial charge in [0, 0.05) is 32.5 Å². The Bertz CT molecular complexity index is 335. The molecule has 0 aromatic carbocycles. The lowest BCUT2D eigenvalue weighted by Gasteiger charge is -2.23. The topological polar surface area (TPSA) is 33.1 Å². The molecule has 0 spiro atoms. The summed E-state index contributed by atoms with van der Waals surface area (Å²) in [4.78, 5) is 5.36. The normalized spacial score (nSPS) is 12.4. The molecule has 0 saturated carbocycles. The van der Waals surface area contributed by atoms with Crippen molar-refractivity contribution in [2.75, 3.05) is 26.7 Å². The molecule has 0 saturated heterocycles. The molecule has 1 aromatic heterocycles. The first-order valence-corrected chi connectivity index (χ1v) is 5.32. The van der Waals surface area contributed by atoms with Gasteiger partial charge in [-0.2, -0.15) is 13.2 Å². The summed E-state index contributed by atoms with van der Waals surface area (Å²) < 4.78 is 38.8. The van der Waals surface area contributed by atoms with Gasteiger partial charge in [-0.1, -0.05) is 0 Å². The van der Waals surface area contributed by atoms with Crippen LogP contribution in [-0.2, 0) is 13.6 Å². The maximum atomic E-state index is 12.4. The molecule has 4 nitrogen and oxygen atoms in total. The Balaban J connectivity index is 2.60. The van der Waals surface area contributed by atoms with E-state index in [2.05, 4.69) is 10.3 Å². The van der Waals surface area contributed by atoms with Crippen LogP contribution in [0.1, 0.15) is 5.82 Å². The van der Waals surface area contributed by atoms with E-state index >= 15 is 0 Å². The first kappa shape index (κ1) is 14.0. The van der Waals surface area contributed by atoms with Gasteiger partial charge in [0.15, 0.2) is 0 Å². The number of hydrogen-bond donors (Lipinski definition) is 1. The molecule has 98 valence electrons. The maximum Gasteiger partial charge on any atom is 0.401 e. The minimum Gasteiger partial charge on any atom is -0.337 e. The highest BCUT2D eigenvalue weighted by atomic mass is 19.4. The summed E-state index contributed by atoms with van der Waals surface area (Å²) in [5.41, 5.74) is 0. The number of halogens is 3. The molecule has 0 aliphatic carbocycles. The number of nitrogens with one attached hydrogen (secondary N) is 1. The van der Waals surface area contributed by atoms with Crippen LogP contribution in [0.4, 0.5) is 13.2 Å². The van der Waals surface area contributed by atoms with E-state index < -0.39 is 12.7 Å². The smallest absolute Gasteiger partial charge is 0.337 e. The first-order valence-electron chi connectivity index (χ1n) is 5.32. The summed E-state index contributed by atoms with van der Waals surface area (Å²) >= 11 is 0. The lowest BCUT2D eigenvalue weighted by molar-refractivity contribution is -0.147. The molecule has 0 aliphatic heterocycles. The van der Waals surface area contributed by atoms with E-state index in [0.29, 0.717) is 18.9 Å². The monoisotopic (exact) mass is 250 g/mol. The summed E-state index contributed by atoms with van der Waals surface area (Å²) in [5, 5.41) is 2.84. The van der Waals surface area contributed by atoms with Crippen molar-refractivity contribution < 1.29 is 13.2 Å². The molecule has 1 N–H and O–H groups in total. The first-order chi connectivity index (χ1) is 7.92. The Morgan fingerprint density at radius 3 is 2.65 bits per heavy atom. The molecule has 1 heterocycles. The van der Waals surface area contributed by atoms with Gasteiger partial charge in [-0.05, 0) is 7.05 Å². The van der Waals surface area contributed by atoms with E-state index in [9.17, 15) is 13.2 Å². The molecule has 0 radical (unpaired) electrons. The Morgan fingerprint density at radius 2 is 2.18 bits per heavy atom. The van der Waals surface area contributed by atoms with Crippen LogP contribution >= 0.6 is 0 Å². The second kappa shape index (κ2) is 6.02. The summed E-state index contributed by atoms with van der Waals surface area (Å²) in [5.74, 6) is 0.630. The van der Waals surface area contributed by atoms with E-state index in [4.69, 9.17) is 0 Å². The third kappa shape index (κ3) is 5.18. The summed E-state index contributed by atoms with van der Waals surface area (Å²) in [6, 6.07) is 0. The van der Waals surface area contributed by atoms with Gasteiger partial charge in [-0.3, -0.25) is 4.90 Å². The highest BCUT2D eigenvalue weighted by Crippen LogP contribution is 2.17. The van der Waals surface area contributed by atoms with Gasteiger partial charge in [0.25, 0.3) is 0 Å². The van der Waals surface area contributed by atoms with E-state index in [-0.39, 0.29) is 6.54 Å². The van der Waals surface area contributed by atoms with Gasteiger partial charge in [0.1, 0.15) is 5.82 Å². The average molecular weight is 250 g/mol. The van der Waals surface area contributed by atoms with Crippen molar-refractivity contribution in [3.8, 4) is 0 Å². The molecule has 0 fully saturated rings. The van der Waals surface area contributed by atoms with Crippen molar-refractivity contribution in [1.29, 1.82) is 0 Å². The number of aromatic nitrogens is 2. The lowest BCUT2D eigenvalue weighted by Crippen LogP contribution is -2.38. The van der Waals surface area contributed by atoms with Gasteiger partial charge in [0.2, 0.25) is 0 Å². The molecule has 0 unspecified atom stereocenters. The molecular formula is C10H17F3N4. The Hall–Kier alpha value is -1.08. The second-order valence-electron chi connectivity index (χ2n) is 3.88. The van der Waals surface area contributed by atoms with Gasteiger partial charge >= 0.3 is 6.18 Å². The number of likely N-dealkylation sites (N-methyl/N-ethyl adjacent to an activating group) is 1. The molecule has 0 aliphatic rings. The Labute approximate surface area is 98.4 Å². The number of imidazole rings is 1. The molecule has 0 atom stereocenters. The zero-order chi connectivity index (χ0) is 12.9. The van der Waals surface area contributed by atoms with E-state index in [1.54, 1.807) is 31.1 Å². The number of aryl methyl sites for hydroxylation is 1. The number of rotatable bonds is 6. The summed E-state index contributed by atoms with van der Waals surface area (Å²) in [7, 11) is 3.48. The lowest BCUT2D eigenvalue weighted by atomic mass is 10.4. The van der Waals surface area contributed by atoms with Crippen molar-refractivity contribution in [2.24, 2.45) is 7.05 Å². The molecule has 1 rings (SSSR count). The summed E-state index contributed by atoms with van der Waals surface area (Å²) in [6.45, 7) is 0.135. The number of nitrogens with zero attached hydrogens (tertiary/aromatic N) is 3. The molecule has 0 amide bonds. The van der Waals surface area contributed by atoms with Crippen molar-refractivity contribution in [3.63, 3.8) is 0 Å². The summed E-state index contributed by atoms with van der Waals surface area (Å²) in [6.07, 6.45) is -0.878. The molecule has 7 heteroatoms. The highest BCUT2D eigenvalue weighted by Gasteiger charge is 2.30. The number of hydrogen-bond acceptors (Lipinski definition) is 3. The molecular weight excluding hydrogens is 233 g/mol. The SMILES string of the molecule is CNCCN(Cc1nccn1C)CC(F)(F)F. The van der Waals surface area contributed by atoms with Crippen molar-refractivity contribution in [1.82, 2.24) is 19.8 Å². The minimum absolute atomic E-state index is 0.199. The predicted molar refractivity (Wildman–Crippen MR) is 58.5 cm³/mol. The molecule has 0 bridgehead atoms. The fourth-order valence-electron chi connectivity index (χ4n) is 1.49.